The SMILES string of the molecule is C=CCNC(=NCC(=O)N(C)C)NC1CCN(Cc2ccc(Cl)cc2)CC1.I. The molecule has 0 unspecified atom stereocenters. The molecule has 0 spiro atoms. The van der Waals surface area contributed by atoms with Crippen LogP contribution in [0.5, 0.6) is 0 Å². The second-order valence-electron chi connectivity index (χ2n) is 6.94. The van der Waals surface area contributed by atoms with Gasteiger partial charge in [0.05, 0.1) is 0 Å². The number of aliphatic imine (C=N–C) groups is 1. The first-order valence-corrected chi connectivity index (χ1v) is 9.68. The lowest BCUT2D eigenvalue weighted by Gasteiger charge is -2.33. The van der Waals surface area contributed by atoms with Crippen molar-refractivity contribution in [1.29, 1.82) is 0 Å². The van der Waals surface area contributed by atoms with Gasteiger partial charge in [0.25, 0.3) is 0 Å². The van der Waals surface area contributed by atoms with Gasteiger partial charge in [-0.3, -0.25) is 9.69 Å². The van der Waals surface area contributed by atoms with Crippen molar-refractivity contribution in [2.45, 2.75) is 25.4 Å². The second kappa shape index (κ2) is 13.0. The summed E-state index contributed by atoms with van der Waals surface area (Å²) in [5, 5.41) is 7.42. The minimum atomic E-state index is -0.0208. The Hall–Kier alpha value is -1.32. The van der Waals surface area contributed by atoms with E-state index in [1.807, 2.05) is 12.1 Å². The van der Waals surface area contributed by atoms with E-state index in [-0.39, 0.29) is 36.4 Å². The Morgan fingerprint density at radius 3 is 2.54 bits per heavy atom. The van der Waals surface area contributed by atoms with Gasteiger partial charge < -0.3 is 15.5 Å². The van der Waals surface area contributed by atoms with E-state index in [0.29, 0.717) is 18.5 Å². The van der Waals surface area contributed by atoms with Crippen molar-refractivity contribution < 1.29 is 4.79 Å². The lowest BCUT2D eigenvalue weighted by Crippen LogP contribution is -2.48. The van der Waals surface area contributed by atoms with Gasteiger partial charge >= 0.3 is 0 Å². The first kappa shape index (κ1) is 24.7. The van der Waals surface area contributed by atoms with E-state index in [4.69, 9.17) is 11.6 Å². The van der Waals surface area contributed by atoms with Crippen LogP contribution >= 0.6 is 35.6 Å². The van der Waals surface area contributed by atoms with Crippen LogP contribution in [0.4, 0.5) is 0 Å². The summed E-state index contributed by atoms with van der Waals surface area (Å²) < 4.78 is 0. The van der Waals surface area contributed by atoms with Crippen molar-refractivity contribution in [3.8, 4) is 0 Å². The van der Waals surface area contributed by atoms with Crippen LogP contribution in [0.3, 0.4) is 0 Å². The van der Waals surface area contributed by atoms with Gasteiger partial charge in [0.2, 0.25) is 5.91 Å². The minimum absolute atomic E-state index is 0. The zero-order valence-electron chi connectivity index (χ0n) is 16.7. The van der Waals surface area contributed by atoms with E-state index in [1.54, 1.807) is 25.1 Å². The number of likely N-dealkylation sites (N-methyl/N-ethyl adjacent to an activating group) is 1. The number of guanidine groups is 1. The summed E-state index contributed by atoms with van der Waals surface area (Å²) in [6.07, 6.45) is 3.84. The molecule has 28 heavy (non-hydrogen) atoms. The molecule has 1 saturated heterocycles. The van der Waals surface area contributed by atoms with Crippen molar-refractivity contribution in [2.24, 2.45) is 4.99 Å². The van der Waals surface area contributed by atoms with Crippen molar-refractivity contribution in [1.82, 2.24) is 20.4 Å². The Morgan fingerprint density at radius 1 is 1.32 bits per heavy atom. The molecule has 0 atom stereocenters. The summed E-state index contributed by atoms with van der Waals surface area (Å²) in [6.45, 7) is 7.45. The fourth-order valence-electron chi connectivity index (χ4n) is 2.89. The van der Waals surface area contributed by atoms with E-state index < -0.39 is 0 Å². The van der Waals surface area contributed by atoms with Crippen molar-refractivity contribution in [3.63, 3.8) is 0 Å². The van der Waals surface area contributed by atoms with E-state index in [2.05, 4.69) is 39.2 Å². The third-order valence-electron chi connectivity index (χ3n) is 4.53. The van der Waals surface area contributed by atoms with E-state index in [0.717, 1.165) is 37.5 Å². The number of carbonyl (C=O) groups excluding carboxylic acids is 1. The smallest absolute Gasteiger partial charge is 0.243 e. The van der Waals surface area contributed by atoms with Crippen LogP contribution in [-0.2, 0) is 11.3 Å². The number of hydrogen-bond donors (Lipinski definition) is 2. The molecule has 2 rings (SSSR count). The third-order valence-corrected chi connectivity index (χ3v) is 4.78. The largest absolute Gasteiger partial charge is 0.354 e. The Balaban J connectivity index is 0.00000392. The summed E-state index contributed by atoms with van der Waals surface area (Å²) >= 11 is 5.95. The average molecular weight is 520 g/mol. The molecule has 0 radical (unpaired) electrons. The van der Waals surface area contributed by atoms with Gasteiger partial charge in [-0.15, -0.1) is 30.6 Å². The van der Waals surface area contributed by atoms with Gasteiger partial charge in [-0.1, -0.05) is 29.8 Å². The first-order valence-electron chi connectivity index (χ1n) is 9.30. The lowest BCUT2D eigenvalue weighted by molar-refractivity contribution is -0.127. The molecule has 1 aromatic rings. The number of halogens is 2. The summed E-state index contributed by atoms with van der Waals surface area (Å²) in [6, 6.07) is 8.39. The molecule has 1 aliphatic rings. The zero-order valence-corrected chi connectivity index (χ0v) is 19.7. The number of rotatable bonds is 7. The molecule has 0 saturated carbocycles. The van der Waals surface area contributed by atoms with Crippen LogP contribution in [-0.4, -0.2) is 68.0 Å². The monoisotopic (exact) mass is 519 g/mol. The molecule has 0 aliphatic carbocycles. The van der Waals surface area contributed by atoms with E-state index in [9.17, 15) is 4.79 Å². The number of nitrogens with one attached hydrogen (secondary N) is 2. The molecular formula is C20H31ClIN5O. The Kier molecular flexibility index (Phi) is 11.5. The molecule has 6 nitrogen and oxygen atoms in total. The molecule has 0 aromatic heterocycles. The van der Waals surface area contributed by atoms with Crippen molar-refractivity contribution >= 4 is 47.4 Å². The molecule has 1 heterocycles. The highest BCUT2D eigenvalue weighted by Crippen LogP contribution is 2.16. The number of amides is 1. The van der Waals surface area contributed by atoms with Crippen LogP contribution in [0.25, 0.3) is 0 Å². The molecular weight excluding hydrogens is 489 g/mol. The number of likely N-dealkylation sites (tertiary alicyclic amines) is 1. The summed E-state index contributed by atoms with van der Waals surface area (Å²) in [7, 11) is 3.47. The number of hydrogen-bond acceptors (Lipinski definition) is 3. The van der Waals surface area contributed by atoms with Crippen molar-refractivity contribution in [3.05, 3.63) is 47.5 Å². The maximum Gasteiger partial charge on any atom is 0.243 e. The van der Waals surface area contributed by atoms with Gasteiger partial charge in [0, 0.05) is 51.3 Å². The molecule has 156 valence electrons. The Bertz CT molecular complexity index is 643. The highest BCUT2D eigenvalue weighted by Gasteiger charge is 2.20. The van der Waals surface area contributed by atoms with Crippen LogP contribution in [0, 0.1) is 0 Å². The number of benzene rings is 1. The molecule has 1 aliphatic heterocycles. The molecule has 0 bridgehead atoms. The number of piperidine rings is 1. The fourth-order valence-corrected chi connectivity index (χ4v) is 3.01. The van der Waals surface area contributed by atoms with Crippen molar-refractivity contribution in [2.75, 3.05) is 40.3 Å². The second-order valence-corrected chi connectivity index (χ2v) is 7.38. The Labute approximate surface area is 190 Å². The maximum atomic E-state index is 11.8. The predicted molar refractivity (Wildman–Crippen MR) is 127 cm³/mol. The number of carbonyl (C=O) groups is 1. The fraction of sp³-hybridized carbons (Fsp3) is 0.500. The van der Waals surface area contributed by atoms with E-state index in [1.165, 1.54) is 5.56 Å². The molecule has 8 heteroatoms. The van der Waals surface area contributed by atoms with Crippen LogP contribution in [0.15, 0.2) is 41.9 Å². The van der Waals surface area contributed by atoms with Crippen LogP contribution in [0.1, 0.15) is 18.4 Å². The maximum absolute atomic E-state index is 11.8. The normalized spacial score (nSPS) is 15.5. The predicted octanol–water partition coefficient (Wildman–Crippen LogP) is 2.73. The molecule has 1 amide bonds. The van der Waals surface area contributed by atoms with Crippen LogP contribution in [0.2, 0.25) is 5.02 Å². The minimum Gasteiger partial charge on any atom is -0.354 e. The summed E-state index contributed by atoms with van der Waals surface area (Å²) in [5.41, 5.74) is 1.28. The highest BCUT2D eigenvalue weighted by atomic mass is 127. The highest BCUT2D eigenvalue weighted by molar-refractivity contribution is 14.0. The standard InChI is InChI=1S/C20H30ClN5O.HI/c1-4-11-22-20(23-14-19(27)25(2)3)24-18-9-12-26(13-10-18)15-16-5-7-17(21)8-6-16;/h4-8,18H,1,9-15H2,2-3H3,(H2,22,23,24);1H. The zero-order chi connectivity index (χ0) is 19.6. The molecule has 2 N–H and O–H groups in total. The number of nitrogens with zero attached hydrogens (tertiary/aromatic N) is 3. The third kappa shape index (κ3) is 8.79. The van der Waals surface area contributed by atoms with Gasteiger partial charge in [-0.25, -0.2) is 4.99 Å². The Morgan fingerprint density at radius 2 is 1.96 bits per heavy atom. The van der Waals surface area contributed by atoms with Gasteiger partial charge in [0.15, 0.2) is 5.96 Å². The van der Waals surface area contributed by atoms with Gasteiger partial charge in [0.1, 0.15) is 6.54 Å². The molecule has 1 fully saturated rings. The van der Waals surface area contributed by atoms with Crippen LogP contribution < -0.4 is 10.6 Å². The summed E-state index contributed by atoms with van der Waals surface area (Å²) in [4.78, 5) is 20.2. The first-order chi connectivity index (χ1) is 13.0. The topological polar surface area (TPSA) is 60.0 Å². The summed E-state index contributed by atoms with van der Waals surface area (Å²) in [5.74, 6) is 0.647. The van der Waals surface area contributed by atoms with E-state index >= 15 is 0 Å². The molecule has 1 aromatic carbocycles. The quantitative estimate of drug-likeness (QED) is 0.252. The lowest BCUT2D eigenvalue weighted by atomic mass is 10.0. The van der Waals surface area contributed by atoms with Gasteiger partial charge in [-0.2, -0.15) is 0 Å². The average Bonchev–Trinajstić information content (AvgIpc) is 2.66. The van der Waals surface area contributed by atoms with Gasteiger partial charge in [-0.05, 0) is 30.5 Å².